The zero-order valence-electron chi connectivity index (χ0n) is 15.6. The van der Waals surface area contributed by atoms with Crippen LogP contribution in [-0.4, -0.2) is 35.9 Å². The van der Waals surface area contributed by atoms with Crippen LogP contribution in [0.3, 0.4) is 0 Å². The van der Waals surface area contributed by atoms with Gasteiger partial charge in [0.25, 0.3) is 0 Å². The summed E-state index contributed by atoms with van der Waals surface area (Å²) in [6, 6.07) is 19.2. The van der Waals surface area contributed by atoms with E-state index < -0.39 is 42.3 Å². The first-order valence-electron chi connectivity index (χ1n) is 9.62. The van der Waals surface area contributed by atoms with Crippen LogP contribution in [0.4, 0.5) is 0 Å². The van der Waals surface area contributed by atoms with Crippen molar-refractivity contribution in [3.05, 3.63) is 82.2 Å². The highest BCUT2D eigenvalue weighted by atomic mass is 16.7. The third-order valence-electron chi connectivity index (χ3n) is 5.95. The highest BCUT2D eigenvalue weighted by Crippen LogP contribution is 2.58. The van der Waals surface area contributed by atoms with Gasteiger partial charge in [0.2, 0.25) is 0 Å². The van der Waals surface area contributed by atoms with Crippen LogP contribution in [-0.2, 0) is 25.6 Å². The number of rotatable bonds is 5. The first-order valence-corrected chi connectivity index (χ1v) is 9.62. The van der Waals surface area contributed by atoms with Crippen LogP contribution in [0.5, 0.6) is 0 Å². The maximum atomic E-state index is 11.0. The van der Waals surface area contributed by atoms with E-state index in [4.69, 9.17) is 24.5 Å². The van der Waals surface area contributed by atoms with Gasteiger partial charge in [0.15, 0.2) is 18.3 Å². The minimum Gasteiger partial charge on any atom is -0.390 e. The molecule has 2 aliphatic heterocycles. The standard InChI is InChI=1S/C21H21N3O5/c22-24-23-21-15-12-27-19(14-9-5-2-6-10-14)28-18(15)17(25)16(21)20(29-21)26-11-13-7-3-1-4-8-13/h1-10,15-20,25H,11-12H2/t15?,16?,17?,18-,19?,20+,21?/m0/s1. The van der Waals surface area contributed by atoms with E-state index in [1.54, 1.807) is 0 Å². The fraction of sp³-hybridized carbons (Fsp3) is 0.429. The molecule has 0 aromatic heterocycles. The maximum Gasteiger partial charge on any atom is 0.184 e. The molecule has 5 unspecified atom stereocenters. The van der Waals surface area contributed by atoms with Crippen molar-refractivity contribution in [3.8, 4) is 0 Å². The summed E-state index contributed by atoms with van der Waals surface area (Å²) in [6.07, 6.45) is -2.73. The van der Waals surface area contributed by atoms with Crippen LogP contribution < -0.4 is 0 Å². The molecule has 2 aromatic carbocycles. The van der Waals surface area contributed by atoms with E-state index in [9.17, 15) is 5.11 Å². The summed E-state index contributed by atoms with van der Waals surface area (Å²) in [5.41, 5.74) is 9.76. The fourth-order valence-corrected chi connectivity index (χ4v) is 4.55. The second-order valence-corrected chi connectivity index (χ2v) is 7.52. The average molecular weight is 395 g/mol. The van der Waals surface area contributed by atoms with Crippen molar-refractivity contribution in [1.82, 2.24) is 0 Å². The van der Waals surface area contributed by atoms with Crippen molar-refractivity contribution >= 4 is 0 Å². The second kappa shape index (κ2) is 7.42. The number of aliphatic hydroxyl groups is 1. The highest BCUT2D eigenvalue weighted by Gasteiger charge is 2.73. The third-order valence-corrected chi connectivity index (χ3v) is 5.95. The van der Waals surface area contributed by atoms with Gasteiger partial charge in [0.1, 0.15) is 0 Å². The monoisotopic (exact) mass is 395 g/mol. The lowest BCUT2D eigenvalue weighted by Crippen LogP contribution is -2.62. The van der Waals surface area contributed by atoms with E-state index in [2.05, 4.69) is 10.0 Å². The van der Waals surface area contributed by atoms with Gasteiger partial charge in [-0.1, -0.05) is 65.8 Å². The lowest BCUT2D eigenvalue weighted by atomic mass is 9.86. The van der Waals surface area contributed by atoms with Gasteiger partial charge in [-0.25, -0.2) is 0 Å². The second-order valence-electron chi connectivity index (χ2n) is 7.52. The Hall–Kier alpha value is -2.45. The number of aliphatic hydroxyl groups excluding tert-OH is 1. The van der Waals surface area contributed by atoms with Crippen LogP contribution in [0.25, 0.3) is 10.4 Å². The molecule has 3 aliphatic rings. The lowest BCUT2D eigenvalue weighted by molar-refractivity contribution is -0.369. The van der Waals surface area contributed by atoms with E-state index >= 15 is 0 Å². The molecule has 0 amide bonds. The Morgan fingerprint density at radius 1 is 1.14 bits per heavy atom. The predicted molar refractivity (Wildman–Crippen MR) is 101 cm³/mol. The van der Waals surface area contributed by atoms with Gasteiger partial charge in [0, 0.05) is 16.4 Å². The van der Waals surface area contributed by atoms with Crippen molar-refractivity contribution in [2.24, 2.45) is 17.0 Å². The molecule has 0 spiro atoms. The molecular formula is C21H21N3O5. The van der Waals surface area contributed by atoms with Gasteiger partial charge in [-0.15, -0.1) is 0 Å². The number of azide groups is 1. The van der Waals surface area contributed by atoms with Crippen molar-refractivity contribution in [2.75, 3.05) is 6.61 Å². The number of benzene rings is 2. The van der Waals surface area contributed by atoms with Gasteiger partial charge in [0.05, 0.1) is 31.3 Å². The van der Waals surface area contributed by atoms with Gasteiger partial charge < -0.3 is 24.1 Å². The van der Waals surface area contributed by atoms with E-state index in [0.717, 1.165) is 11.1 Å². The first kappa shape index (κ1) is 18.6. The molecule has 2 heterocycles. The van der Waals surface area contributed by atoms with Crippen molar-refractivity contribution in [3.63, 3.8) is 0 Å². The van der Waals surface area contributed by atoms with Crippen LogP contribution in [0.2, 0.25) is 0 Å². The van der Waals surface area contributed by atoms with E-state index in [1.807, 2.05) is 60.7 Å². The molecule has 1 saturated carbocycles. The summed E-state index contributed by atoms with van der Waals surface area (Å²) in [7, 11) is 0. The summed E-state index contributed by atoms with van der Waals surface area (Å²) in [6.45, 7) is 0.586. The normalized spacial score (nSPS) is 37.7. The Balaban J connectivity index is 1.34. The molecule has 1 aliphatic carbocycles. The number of nitrogens with zero attached hydrogens (tertiary/aromatic N) is 3. The zero-order chi connectivity index (χ0) is 19.8. The summed E-state index contributed by atoms with van der Waals surface area (Å²) in [5, 5.41) is 14.9. The Kier molecular flexibility index (Phi) is 4.75. The Morgan fingerprint density at radius 2 is 1.86 bits per heavy atom. The molecule has 2 saturated heterocycles. The predicted octanol–water partition coefficient (Wildman–Crippen LogP) is 3.29. The molecule has 0 radical (unpaired) electrons. The lowest BCUT2D eigenvalue weighted by Gasteiger charge is -2.50. The molecule has 8 heteroatoms. The highest BCUT2D eigenvalue weighted by molar-refractivity contribution is 5.20. The Morgan fingerprint density at radius 3 is 2.59 bits per heavy atom. The van der Waals surface area contributed by atoms with Gasteiger partial charge in [-0.05, 0) is 11.1 Å². The first-order chi connectivity index (χ1) is 14.2. The van der Waals surface area contributed by atoms with Crippen LogP contribution >= 0.6 is 0 Å². The topological polar surface area (TPSA) is 106 Å². The minimum atomic E-state index is -1.22. The smallest absolute Gasteiger partial charge is 0.184 e. The van der Waals surface area contributed by atoms with E-state index in [1.165, 1.54) is 0 Å². The molecule has 29 heavy (non-hydrogen) atoms. The van der Waals surface area contributed by atoms with Gasteiger partial charge in [-0.3, -0.25) is 0 Å². The van der Waals surface area contributed by atoms with Crippen molar-refractivity contribution in [2.45, 2.75) is 37.1 Å². The summed E-state index contributed by atoms with van der Waals surface area (Å²) >= 11 is 0. The summed E-state index contributed by atoms with van der Waals surface area (Å²) in [5.74, 6) is -0.926. The van der Waals surface area contributed by atoms with Crippen LogP contribution in [0.1, 0.15) is 17.4 Å². The Labute approximate surface area is 167 Å². The van der Waals surface area contributed by atoms with Crippen LogP contribution in [0, 0.1) is 11.8 Å². The third kappa shape index (κ3) is 3.02. The van der Waals surface area contributed by atoms with Crippen molar-refractivity contribution < 1.29 is 24.1 Å². The average Bonchev–Trinajstić information content (AvgIpc) is 2.93. The van der Waals surface area contributed by atoms with Crippen LogP contribution in [0.15, 0.2) is 65.8 Å². The van der Waals surface area contributed by atoms with E-state index in [0.29, 0.717) is 6.61 Å². The summed E-state index contributed by atoms with van der Waals surface area (Å²) < 4.78 is 23.8. The molecule has 0 bridgehead atoms. The van der Waals surface area contributed by atoms with E-state index in [-0.39, 0.29) is 6.61 Å². The fourth-order valence-electron chi connectivity index (χ4n) is 4.55. The molecular weight excluding hydrogens is 374 g/mol. The number of fused-ring (bicyclic) bond motifs is 3. The molecule has 1 N–H and O–H groups in total. The minimum absolute atomic E-state index is 0.252. The molecule has 5 rings (SSSR count). The maximum absolute atomic E-state index is 11.0. The number of ether oxygens (including phenoxy) is 4. The molecule has 3 fully saturated rings. The largest absolute Gasteiger partial charge is 0.390 e. The number of hydrogen-bond donors (Lipinski definition) is 1. The Bertz CT molecular complexity index is 907. The molecule has 150 valence electrons. The van der Waals surface area contributed by atoms with Gasteiger partial charge in [-0.2, -0.15) is 0 Å². The van der Waals surface area contributed by atoms with Gasteiger partial charge >= 0.3 is 0 Å². The quantitative estimate of drug-likeness (QED) is 0.475. The molecule has 8 nitrogen and oxygen atoms in total. The summed E-state index contributed by atoms with van der Waals surface area (Å²) in [4.78, 5) is 2.97. The van der Waals surface area contributed by atoms with Crippen molar-refractivity contribution in [1.29, 1.82) is 0 Å². The number of hydrogen-bond acceptors (Lipinski definition) is 6. The molecule has 2 aromatic rings. The zero-order valence-corrected chi connectivity index (χ0v) is 15.6. The molecule has 7 atom stereocenters. The SMILES string of the molecule is [N-]=[N+]=NC12O[C@@H](OCc3ccccc3)C1C(O)[C@H]1OC(c3ccccc3)OCC12.